The van der Waals surface area contributed by atoms with Gasteiger partial charge < -0.3 is 10.5 Å². The van der Waals surface area contributed by atoms with E-state index in [0.717, 1.165) is 29.7 Å². The molecule has 0 heterocycles. The number of ether oxygens (including phenoxy) is 1. The number of aryl methyl sites for hydroxylation is 1. The normalized spacial score (nSPS) is 10.2. The molecule has 0 fully saturated rings. The number of primary amides is 1. The summed E-state index contributed by atoms with van der Waals surface area (Å²) >= 11 is 0. The highest BCUT2D eigenvalue weighted by molar-refractivity contribution is 5.95. The van der Waals surface area contributed by atoms with E-state index >= 15 is 0 Å². The molecule has 0 unspecified atom stereocenters. The molecule has 0 saturated carbocycles. The molecule has 1 aromatic carbocycles. The number of amides is 1. The Kier molecular flexibility index (Phi) is 4.35. The Hall–Kier alpha value is -1.51. The molecule has 1 rings (SSSR count). The van der Waals surface area contributed by atoms with E-state index in [0.29, 0.717) is 12.2 Å². The maximum Gasteiger partial charge on any atom is 0.249 e. The molecule has 1 aromatic rings. The standard InChI is InChI=1S/C13H19NO2/c1-4-5-8-16-12-9(2)6-7-11(10(12)3)13(14)15/h6-7H,4-5,8H2,1-3H3,(H2,14,15). The number of hydrogen-bond donors (Lipinski definition) is 1. The quantitative estimate of drug-likeness (QED) is 0.777. The van der Waals surface area contributed by atoms with Crippen LogP contribution in [0.3, 0.4) is 0 Å². The van der Waals surface area contributed by atoms with Crippen LogP contribution in [-0.2, 0) is 0 Å². The zero-order valence-corrected chi connectivity index (χ0v) is 10.2. The van der Waals surface area contributed by atoms with Gasteiger partial charge >= 0.3 is 0 Å². The second kappa shape index (κ2) is 5.54. The minimum absolute atomic E-state index is 0.405. The van der Waals surface area contributed by atoms with Crippen molar-refractivity contribution in [2.45, 2.75) is 33.6 Å². The summed E-state index contributed by atoms with van der Waals surface area (Å²) < 4.78 is 5.69. The van der Waals surface area contributed by atoms with Crippen molar-refractivity contribution in [2.75, 3.05) is 6.61 Å². The molecule has 0 radical (unpaired) electrons. The molecule has 16 heavy (non-hydrogen) atoms. The first kappa shape index (κ1) is 12.6. The molecule has 3 nitrogen and oxygen atoms in total. The lowest BCUT2D eigenvalue weighted by molar-refractivity contribution is 0.0999. The van der Waals surface area contributed by atoms with E-state index in [4.69, 9.17) is 10.5 Å². The molecule has 2 N–H and O–H groups in total. The van der Waals surface area contributed by atoms with Gasteiger partial charge in [-0.05, 0) is 31.9 Å². The van der Waals surface area contributed by atoms with Gasteiger partial charge in [0.2, 0.25) is 5.91 Å². The van der Waals surface area contributed by atoms with Crippen molar-refractivity contribution in [3.05, 3.63) is 28.8 Å². The summed E-state index contributed by atoms with van der Waals surface area (Å²) in [6, 6.07) is 3.62. The van der Waals surface area contributed by atoms with Crippen molar-refractivity contribution in [1.82, 2.24) is 0 Å². The number of rotatable bonds is 5. The summed E-state index contributed by atoms with van der Waals surface area (Å²) in [7, 11) is 0. The van der Waals surface area contributed by atoms with Crippen LogP contribution in [0.25, 0.3) is 0 Å². The molecule has 0 aliphatic carbocycles. The van der Waals surface area contributed by atoms with E-state index in [9.17, 15) is 4.79 Å². The number of unbranched alkanes of at least 4 members (excludes halogenated alkanes) is 1. The van der Waals surface area contributed by atoms with Crippen LogP contribution in [-0.4, -0.2) is 12.5 Å². The molecule has 0 saturated heterocycles. The van der Waals surface area contributed by atoms with Gasteiger partial charge in [-0.1, -0.05) is 19.4 Å². The van der Waals surface area contributed by atoms with Crippen molar-refractivity contribution < 1.29 is 9.53 Å². The summed E-state index contributed by atoms with van der Waals surface area (Å²) in [5.41, 5.74) is 7.71. The third-order valence-electron chi connectivity index (χ3n) is 2.61. The van der Waals surface area contributed by atoms with E-state index in [2.05, 4.69) is 6.92 Å². The fourth-order valence-electron chi connectivity index (χ4n) is 1.63. The smallest absolute Gasteiger partial charge is 0.249 e. The molecule has 0 bridgehead atoms. The average molecular weight is 221 g/mol. The monoisotopic (exact) mass is 221 g/mol. The Labute approximate surface area is 96.6 Å². The predicted octanol–water partition coefficient (Wildman–Crippen LogP) is 2.58. The van der Waals surface area contributed by atoms with Gasteiger partial charge in [0.15, 0.2) is 0 Å². The Balaban J connectivity index is 2.97. The molecule has 3 heteroatoms. The highest BCUT2D eigenvalue weighted by atomic mass is 16.5. The highest BCUT2D eigenvalue weighted by Crippen LogP contribution is 2.26. The van der Waals surface area contributed by atoms with Crippen LogP contribution in [0.2, 0.25) is 0 Å². The Bertz CT molecular complexity index is 386. The van der Waals surface area contributed by atoms with Crippen molar-refractivity contribution in [2.24, 2.45) is 5.73 Å². The summed E-state index contributed by atoms with van der Waals surface area (Å²) in [5.74, 6) is 0.391. The van der Waals surface area contributed by atoms with Gasteiger partial charge in [-0.15, -0.1) is 0 Å². The van der Waals surface area contributed by atoms with Gasteiger partial charge in [0.05, 0.1) is 6.61 Å². The lowest BCUT2D eigenvalue weighted by Gasteiger charge is -2.13. The molecule has 1 amide bonds. The third kappa shape index (κ3) is 2.75. The van der Waals surface area contributed by atoms with E-state index in [1.165, 1.54) is 0 Å². The highest BCUT2D eigenvalue weighted by Gasteiger charge is 2.11. The topological polar surface area (TPSA) is 52.3 Å². The van der Waals surface area contributed by atoms with Crippen LogP contribution >= 0.6 is 0 Å². The molecule has 0 atom stereocenters. The second-order valence-electron chi connectivity index (χ2n) is 3.95. The summed E-state index contributed by atoms with van der Waals surface area (Å²) in [6.45, 7) is 6.64. The number of hydrogen-bond acceptors (Lipinski definition) is 2. The summed E-state index contributed by atoms with van der Waals surface area (Å²) in [5, 5.41) is 0. The number of carbonyl (C=O) groups excluding carboxylic acids is 1. The van der Waals surface area contributed by atoms with E-state index in [1.807, 2.05) is 19.9 Å². The zero-order valence-electron chi connectivity index (χ0n) is 10.2. The van der Waals surface area contributed by atoms with Crippen molar-refractivity contribution in [3.63, 3.8) is 0 Å². The van der Waals surface area contributed by atoms with Gasteiger partial charge in [-0.25, -0.2) is 0 Å². The second-order valence-corrected chi connectivity index (χ2v) is 3.95. The van der Waals surface area contributed by atoms with Gasteiger partial charge in [0.1, 0.15) is 5.75 Å². The first-order valence-electron chi connectivity index (χ1n) is 5.60. The Morgan fingerprint density at radius 3 is 2.62 bits per heavy atom. The fourth-order valence-corrected chi connectivity index (χ4v) is 1.63. The van der Waals surface area contributed by atoms with Gasteiger partial charge in [0.25, 0.3) is 0 Å². The molecular formula is C13H19NO2. The molecule has 0 aromatic heterocycles. The third-order valence-corrected chi connectivity index (χ3v) is 2.61. The van der Waals surface area contributed by atoms with Crippen molar-refractivity contribution in [1.29, 1.82) is 0 Å². The van der Waals surface area contributed by atoms with Crippen molar-refractivity contribution >= 4 is 5.91 Å². The maximum atomic E-state index is 11.2. The molecule has 0 aliphatic heterocycles. The lowest BCUT2D eigenvalue weighted by atomic mass is 10.0. The zero-order chi connectivity index (χ0) is 12.1. The van der Waals surface area contributed by atoms with Crippen LogP contribution in [0.15, 0.2) is 12.1 Å². The van der Waals surface area contributed by atoms with Crippen LogP contribution in [0.4, 0.5) is 0 Å². The van der Waals surface area contributed by atoms with E-state index in [1.54, 1.807) is 6.07 Å². The SMILES string of the molecule is CCCCOc1c(C)ccc(C(N)=O)c1C. The number of nitrogens with two attached hydrogens (primary N) is 1. The summed E-state index contributed by atoms with van der Waals surface area (Å²) in [4.78, 5) is 11.2. The van der Waals surface area contributed by atoms with Crippen molar-refractivity contribution in [3.8, 4) is 5.75 Å². The van der Waals surface area contributed by atoms with E-state index in [-0.39, 0.29) is 0 Å². The minimum Gasteiger partial charge on any atom is -0.493 e. The lowest BCUT2D eigenvalue weighted by Crippen LogP contribution is -2.14. The molecular weight excluding hydrogens is 202 g/mol. The number of benzene rings is 1. The first-order valence-corrected chi connectivity index (χ1v) is 5.60. The number of carbonyl (C=O) groups is 1. The fraction of sp³-hybridized carbons (Fsp3) is 0.462. The Morgan fingerprint density at radius 1 is 1.38 bits per heavy atom. The molecule has 88 valence electrons. The average Bonchev–Trinajstić information content (AvgIpc) is 2.22. The predicted molar refractivity (Wildman–Crippen MR) is 64.8 cm³/mol. The van der Waals surface area contributed by atoms with Gasteiger partial charge in [0, 0.05) is 11.1 Å². The van der Waals surface area contributed by atoms with Crippen LogP contribution in [0, 0.1) is 13.8 Å². The Morgan fingerprint density at radius 2 is 2.06 bits per heavy atom. The van der Waals surface area contributed by atoms with Crippen LogP contribution < -0.4 is 10.5 Å². The maximum absolute atomic E-state index is 11.2. The van der Waals surface area contributed by atoms with Crippen LogP contribution in [0.5, 0.6) is 5.75 Å². The van der Waals surface area contributed by atoms with Gasteiger partial charge in [-0.3, -0.25) is 4.79 Å². The summed E-state index contributed by atoms with van der Waals surface area (Å²) in [6.07, 6.45) is 2.10. The molecule has 0 aliphatic rings. The first-order chi connectivity index (χ1) is 7.57. The van der Waals surface area contributed by atoms with Crippen LogP contribution in [0.1, 0.15) is 41.3 Å². The van der Waals surface area contributed by atoms with Gasteiger partial charge in [-0.2, -0.15) is 0 Å². The molecule has 0 spiro atoms. The largest absolute Gasteiger partial charge is 0.493 e. The van der Waals surface area contributed by atoms with E-state index < -0.39 is 5.91 Å². The minimum atomic E-state index is -0.405.